The largest absolute Gasteiger partial charge is 0.310 e. The van der Waals surface area contributed by atoms with E-state index >= 15 is 0 Å². The second kappa shape index (κ2) is 6.75. The van der Waals surface area contributed by atoms with Gasteiger partial charge in [0.2, 0.25) is 0 Å². The van der Waals surface area contributed by atoms with Gasteiger partial charge in [0, 0.05) is 18.2 Å². The van der Waals surface area contributed by atoms with E-state index < -0.39 is 0 Å². The summed E-state index contributed by atoms with van der Waals surface area (Å²) in [7, 11) is 0. The zero-order chi connectivity index (χ0) is 11.9. The second-order valence-corrected chi connectivity index (χ2v) is 5.01. The van der Waals surface area contributed by atoms with Crippen LogP contribution in [0.25, 0.3) is 0 Å². The zero-order valence-electron chi connectivity index (χ0n) is 10.4. The van der Waals surface area contributed by atoms with E-state index in [1.807, 2.05) is 12.1 Å². The standard InChI is InChI=1S/C15H22FN/c16-15-11-7-6-8-13(15)12-17-14-9-4-2-1-3-5-10-14/h6-8,11,14,17H,1-5,9-10,12H2. The normalized spacial score (nSPS) is 18.6. The molecule has 0 aromatic heterocycles. The molecule has 0 atom stereocenters. The number of nitrogens with one attached hydrogen (secondary N) is 1. The molecule has 1 fully saturated rings. The van der Waals surface area contributed by atoms with Crippen LogP contribution in [0.5, 0.6) is 0 Å². The van der Waals surface area contributed by atoms with Crippen molar-refractivity contribution < 1.29 is 4.39 Å². The summed E-state index contributed by atoms with van der Waals surface area (Å²) in [6.45, 7) is 0.664. The molecule has 2 heteroatoms. The zero-order valence-corrected chi connectivity index (χ0v) is 10.4. The summed E-state index contributed by atoms with van der Waals surface area (Å²) in [5.41, 5.74) is 0.787. The van der Waals surface area contributed by atoms with E-state index in [-0.39, 0.29) is 5.82 Å². The fraction of sp³-hybridized carbons (Fsp3) is 0.600. The molecule has 1 saturated carbocycles. The number of rotatable bonds is 3. The molecular weight excluding hydrogens is 213 g/mol. The van der Waals surface area contributed by atoms with E-state index in [2.05, 4.69) is 5.32 Å². The third-order valence-corrected chi connectivity index (χ3v) is 3.64. The molecule has 0 bridgehead atoms. The van der Waals surface area contributed by atoms with Crippen LogP contribution in [0.1, 0.15) is 50.5 Å². The summed E-state index contributed by atoms with van der Waals surface area (Å²) in [5.74, 6) is -0.0918. The van der Waals surface area contributed by atoms with E-state index in [0.29, 0.717) is 12.6 Å². The molecule has 1 nitrogen and oxygen atoms in total. The van der Waals surface area contributed by atoms with Crippen LogP contribution >= 0.6 is 0 Å². The minimum Gasteiger partial charge on any atom is -0.310 e. The van der Waals surface area contributed by atoms with Crippen molar-refractivity contribution in [3.8, 4) is 0 Å². The van der Waals surface area contributed by atoms with Gasteiger partial charge in [0.25, 0.3) is 0 Å². The lowest BCUT2D eigenvalue weighted by Gasteiger charge is -2.21. The maximum Gasteiger partial charge on any atom is 0.127 e. The lowest BCUT2D eigenvalue weighted by Crippen LogP contribution is -2.29. The quantitative estimate of drug-likeness (QED) is 0.834. The average molecular weight is 235 g/mol. The van der Waals surface area contributed by atoms with Crippen LogP contribution in [-0.2, 0) is 6.54 Å². The number of halogens is 1. The molecule has 1 aliphatic carbocycles. The molecule has 1 aromatic carbocycles. The Morgan fingerprint density at radius 2 is 1.65 bits per heavy atom. The van der Waals surface area contributed by atoms with E-state index in [9.17, 15) is 4.39 Å². The van der Waals surface area contributed by atoms with E-state index in [0.717, 1.165) is 5.56 Å². The van der Waals surface area contributed by atoms with Gasteiger partial charge in [-0.2, -0.15) is 0 Å². The molecule has 1 N–H and O–H groups in total. The van der Waals surface area contributed by atoms with Crippen molar-refractivity contribution in [3.63, 3.8) is 0 Å². The Bertz CT molecular complexity index is 329. The summed E-state index contributed by atoms with van der Waals surface area (Å²) in [6.07, 6.45) is 9.22. The van der Waals surface area contributed by atoms with Crippen molar-refractivity contribution in [1.29, 1.82) is 0 Å². The van der Waals surface area contributed by atoms with Gasteiger partial charge in [-0.3, -0.25) is 0 Å². The maximum absolute atomic E-state index is 13.4. The van der Waals surface area contributed by atoms with Gasteiger partial charge in [-0.25, -0.2) is 4.39 Å². The molecule has 0 aliphatic heterocycles. The molecular formula is C15H22FN. The molecule has 2 rings (SSSR count). The first-order chi connectivity index (χ1) is 8.36. The highest BCUT2D eigenvalue weighted by Gasteiger charge is 2.11. The Balaban J connectivity index is 1.82. The Labute approximate surface area is 103 Å². The van der Waals surface area contributed by atoms with Gasteiger partial charge in [0.15, 0.2) is 0 Å². The minimum atomic E-state index is -0.0918. The van der Waals surface area contributed by atoms with Gasteiger partial charge in [-0.1, -0.05) is 50.3 Å². The van der Waals surface area contributed by atoms with Crippen LogP contribution in [0, 0.1) is 5.82 Å². The van der Waals surface area contributed by atoms with Gasteiger partial charge >= 0.3 is 0 Å². The second-order valence-electron chi connectivity index (χ2n) is 5.01. The fourth-order valence-corrected chi connectivity index (χ4v) is 2.56. The number of hydrogen-bond acceptors (Lipinski definition) is 1. The van der Waals surface area contributed by atoms with Gasteiger partial charge in [0.1, 0.15) is 5.82 Å². The molecule has 0 unspecified atom stereocenters. The molecule has 1 aliphatic rings. The van der Waals surface area contributed by atoms with E-state index in [1.165, 1.54) is 51.0 Å². The fourth-order valence-electron chi connectivity index (χ4n) is 2.56. The Morgan fingerprint density at radius 1 is 1.00 bits per heavy atom. The van der Waals surface area contributed by atoms with Crippen molar-refractivity contribution in [2.24, 2.45) is 0 Å². The van der Waals surface area contributed by atoms with Gasteiger partial charge in [0.05, 0.1) is 0 Å². The summed E-state index contributed by atoms with van der Waals surface area (Å²) >= 11 is 0. The predicted octanol–water partition coefficient (Wildman–Crippen LogP) is 4.03. The van der Waals surface area contributed by atoms with Crippen LogP contribution in [0.3, 0.4) is 0 Å². The Morgan fingerprint density at radius 3 is 2.35 bits per heavy atom. The van der Waals surface area contributed by atoms with Crippen LogP contribution in [0.2, 0.25) is 0 Å². The maximum atomic E-state index is 13.4. The first-order valence-corrected chi connectivity index (χ1v) is 6.83. The van der Waals surface area contributed by atoms with Gasteiger partial charge in [-0.15, -0.1) is 0 Å². The van der Waals surface area contributed by atoms with Crippen molar-refractivity contribution in [2.75, 3.05) is 0 Å². The van der Waals surface area contributed by atoms with Crippen LogP contribution in [0.15, 0.2) is 24.3 Å². The lowest BCUT2D eigenvalue weighted by molar-refractivity contribution is 0.386. The Kier molecular flexibility index (Phi) is 4.99. The van der Waals surface area contributed by atoms with Crippen LogP contribution < -0.4 is 5.32 Å². The predicted molar refractivity (Wildman–Crippen MR) is 69.3 cm³/mol. The highest BCUT2D eigenvalue weighted by molar-refractivity contribution is 5.17. The van der Waals surface area contributed by atoms with Gasteiger partial charge < -0.3 is 5.32 Å². The third-order valence-electron chi connectivity index (χ3n) is 3.64. The van der Waals surface area contributed by atoms with E-state index in [1.54, 1.807) is 6.07 Å². The lowest BCUT2D eigenvalue weighted by atomic mass is 9.96. The van der Waals surface area contributed by atoms with Crippen LogP contribution in [-0.4, -0.2) is 6.04 Å². The summed E-state index contributed by atoms with van der Waals surface area (Å²) in [6, 6.07) is 7.63. The molecule has 0 saturated heterocycles. The molecule has 0 heterocycles. The third kappa shape index (κ3) is 4.12. The smallest absolute Gasteiger partial charge is 0.127 e. The van der Waals surface area contributed by atoms with Gasteiger partial charge in [-0.05, 0) is 18.9 Å². The number of benzene rings is 1. The number of hydrogen-bond donors (Lipinski definition) is 1. The Hall–Kier alpha value is -0.890. The topological polar surface area (TPSA) is 12.0 Å². The van der Waals surface area contributed by atoms with Crippen molar-refractivity contribution in [1.82, 2.24) is 5.32 Å². The molecule has 17 heavy (non-hydrogen) atoms. The van der Waals surface area contributed by atoms with Crippen molar-refractivity contribution >= 4 is 0 Å². The summed E-state index contributed by atoms with van der Waals surface area (Å²) < 4.78 is 13.4. The molecule has 0 spiro atoms. The van der Waals surface area contributed by atoms with Crippen LogP contribution in [0.4, 0.5) is 4.39 Å². The average Bonchev–Trinajstić information content (AvgIpc) is 2.29. The molecule has 94 valence electrons. The molecule has 0 radical (unpaired) electrons. The minimum absolute atomic E-state index is 0.0918. The summed E-state index contributed by atoms with van der Waals surface area (Å²) in [4.78, 5) is 0. The molecule has 0 amide bonds. The highest BCUT2D eigenvalue weighted by atomic mass is 19.1. The van der Waals surface area contributed by atoms with E-state index in [4.69, 9.17) is 0 Å². The van der Waals surface area contributed by atoms with Crippen molar-refractivity contribution in [3.05, 3.63) is 35.6 Å². The molecule has 1 aromatic rings. The first kappa shape index (κ1) is 12.6. The monoisotopic (exact) mass is 235 g/mol. The van der Waals surface area contributed by atoms with Crippen molar-refractivity contribution in [2.45, 2.75) is 57.5 Å². The summed E-state index contributed by atoms with van der Waals surface area (Å²) in [5, 5.41) is 3.51. The first-order valence-electron chi connectivity index (χ1n) is 6.83. The SMILES string of the molecule is Fc1ccccc1CNC1CCCCCCC1. The highest BCUT2D eigenvalue weighted by Crippen LogP contribution is 2.17.